The number of hydrogen-bond donors (Lipinski definition) is 0. The molecular formula is C69H110O6. The highest BCUT2D eigenvalue weighted by Crippen LogP contribution is 2.13. The van der Waals surface area contributed by atoms with Crippen LogP contribution in [-0.4, -0.2) is 37.2 Å². The largest absolute Gasteiger partial charge is 0.462 e. The fourth-order valence-electron chi connectivity index (χ4n) is 7.77. The van der Waals surface area contributed by atoms with E-state index in [0.29, 0.717) is 19.3 Å². The number of carbonyl (C=O) groups is 3. The molecule has 6 nitrogen and oxygen atoms in total. The number of unbranched alkanes of at least 4 members (excludes halogenated alkanes) is 18. The van der Waals surface area contributed by atoms with Gasteiger partial charge in [-0.3, -0.25) is 14.4 Å². The van der Waals surface area contributed by atoms with Crippen molar-refractivity contribution in [2.75, 3.05) is 13.2 Å². The lowest BCUT2D eigenvalue weighted by atomic mass is 10.1. The number of carbonyl (C=O) groups excluding carboxylic acids is 3. The summed E-state index contributed by atoms with van der Waals surface area (Å²) in [5.74, 6) is -1.01. The molecule has 0 saturated heterocycles. The molecular weight excluding hydrogens is 925 g/mol. The first-order valence-electron chi connectivity index (χ1n) is 30.3. The summed E-state index contributed by atoms with van der Waals surface area (Å²) in [5.41, 5.74) is 0. The first kappa shape index (κ1) is 70.3. The first-order valence-corrected chi connectivity index (χ1v) is 30.3. The zero-order valence-electron chi connectivity index (χ0n) is 48.3. The number of allylic oxidation sites excluding steroid dienone is 24. The summed E-state index contributed by atoms with van der Waals surface area (Å²) in [5, 5.41) is 0. The van der Waals surface area contributed by atoms with E-state index in [4.69, 9.17) is 14.2 Å². The SMILES string of the molecule is CC/C=C\C/C=C\C/C=C\C/C=C\C/C=C\C/C=C\C/C=C\CCCC(=O)OCC(COC(=O)CCCCCCC/C=C\C/C=C\CCC)OC(=O)CCCCCCCC/C=C\C/C=C\C/C=C\CCCCCCC. The maximum absolute atomic E-state index is 12.9. The molecule has 1 unspecified atom stereocenters. The van der Waals surface area contributed by atoms with Crippen molar-refractivity contribution in [2.45, 2.75) is 258 Å². The Morgan fingerprint density at radius 1 is 0.280 bits per heavy atom. The van der Waals surface area contributed by atoms with Gasteiger partial charge in [0.1, 0.15) is 13.2 Å². The summed E-state index contributed by atoms with van der Waals surface area (Å²) in [7, 11) is 0. The van der Waals surface area contributed by atoms with E-state index in [1.54, 1.807) is 0 Å². The third kappa shape index (κ3) is 60.0. The Balaban J connectivity index is 4.52. The van der Waals surface area contributed by atoms with E-state index in [-0.39, 0.29) is 37.5 Å². The second-order valence-corrected chi connectivity index (χ2v) is 19.5. The van der Waals surface area contributed by atoms with Crippen molar-refractivity contribution in [3.8, 4) is 0 Å². The Hall–Kier alpha value is -4.71. The van der Waals surface area contributed by atoms with Gasteiger partial charge in [0.2, 0.25) is 0 Å². The van der Waals surface area contributed by atoms with Gasteiger partial charge in [0, 0.05) is 19.3 Å². The lowest BCUT2D eigenvalue weighted by molar-refractivity contribution is -0.167. The summed E-state index contributed by atoms with van der Waals surface area (Å²) in [6.07, 6.45) is 88.4. The van der Waals surface area contributed by atoms with Crippen LogP contribution in [0.3, 0.4) is 0 Å². The van der Waals surface area contributed by atoms with Crippen LogP contribution < -0.4 is 0 Å². The first-order chi connectivity index (χ1) is 37.0. The smallest absolute Gasteiger partial charge is 0.306 e. The van der Waals surface area contributed by atoms with Crippen LogP contribution in [0.5, 0.6) is 0 Å². The fraction of sp³-hybridized carbons (Fsp3) is 0.609. The topological polar surface area (TPSA) is 78.9 Å². The third-order valence-electron chi connectivity index (χ3n) is 12.3. The van der Waals surface area contributed by atoms with Crippen molar-refractivity contribution < 1.29 is 28.6 Å². The zero-order chi connectivity index (χ0) is 54.3. The molecule has 0 heterocycles. The molecule has 1 atom stereocenters. The summed E-state index contributed by atoms with van der Waals surface area (Å²) < 4.78 is 16.8. The molecule has 0 bridgehead atoms. The minimum absolute atomic E-state index is 0.115. The maximum Gasteiger partial charge on any atom is 0.306 e. The number of esters is 3. The number of hydrogen-bond acceptors (Lipinski definition) is 6. The Morgan fingerprint density at radius 3 is 0.920 bits per heavy atom. The predicted molar refractivity (Wildman–Crippen MR) is 325 cm³/mol. The molecule has 0 N–H and O–H groups in total. The van der Waals surface area contributed by atoms with Crippen LogP contribution in [0, 0.1) is 0 Å². The Morgan fingerprint density at radius 2 is 0.560 bits per heavy atom. The van der Waals surface area contributed by atoms with Crippen molar-refractivity contribution in [1.82, 2.24) is 0 Å². The summed E-state index contributed by atoms with van der Waals surface area (Å²) in [6.45, 7) is 6.37. The molecule has 0 aromatic carbocycles. The molecule has 422 valence electrons. The molecule has 6 heteroatoms. The van der Waals surface area contributed by atoms with Crippen LogP contribution in [0.4, 0.5) is 0 Å². The molecule has 75 heavy (non-hydrogen) atoms. The minimum Gasteiger partial charge on any atom is -0.462 e. The molecule has 0 saturated carbocycles. The van der Waals surface area contributed by atoms with E-state index >= 15 is 0 Å². The highest BCUT2D eigenvalue weighted by Gasteiger charge is 2.19. The van der Waals surface area contributed by atoms with Crippen molar-refractivity contribution in [2.24, 2.45) is 0 Å². The second kappa shape index (κ2) is 61.8. The molecule has 0 aliphatic carbocycles. The quantitative estimate of drug-likeness (QED) is 0.0261. The van der Waals surface area contributed by atoms with Crippen molar-refractivity contribution in [3.05, 3.63) is 146 Å². The predicted octanol–water partition coefficient (Wildman–Crippen LogP) is 20.8. The van der Waals surface area contributed by atoms with Crippen LogP contribution in [0.1, 0.15) is 252 Å². The highest BCUT2D eigenvalue weighted by atomic mass is 16.6. The van der Waals surface area contributed by atoms with Gasteiger partial charge >= 0.3 is 17.9 Å². The van der Waals surface area contributed by atoms with Gasteiger partial charge in [-0.2, -0.15) is 0 Å². The molecule has 0 amide bonds. The molecule has 0 radical (unpaired) electrons. The summed E-state index contributed by atoms with van der Waals surface area (Å²) >= 11 is 0. The Labute approximate surface area is 461 Å². The van der Waals surface area contributed by atoms with Gasteiger partial charge in [0.05, 0.1) is 0 Å². The van der Waals surface area contributed by atoms with Crippen LogP contribution >= 0.6 is 0 Å². The zero-order valence-corrected chi connectivity index (χ0v) is 48.3. The Kier molecular flexibility index (Phi) is 58.0. The average molecular weight is 1040 g/mol. The summed E-state index contributed by atoms with van der Waals surface area (Å²) in [6, 6.07) is 0. The van der Waals surface area contributed by atoms with E-state index in [1.165, 1.54) is 57.8 Å². The molecule has 0 fully saturated rings. The van der Waals surface area contributed by atoms with Gasteiger partial charge < -0.3 is 14.2 Å². The van der Waals surface area contributed by atoms with Crippen LogP contribution in [0.25, 0.3) is 0 Å². The van der Waals surface area contributed by atoms with E-state index in [1.807, 2.05) is 0 Å². The third-order valence-corrected chi connectivity index (χ3v) is 12.3. The maximum atomic E-state index is 12.9. The van der Waals surface area contributed by atoms with Gasteiger partial charge in [-0.25, -0.2) is 0 Å². The molecule has 0 aromatic rings. The van der Waals surface area contributed by atoms with Gasteiger partial charge in [0.15, 0.2) is 6.10 Å². The van der Waals surface area contributed by atoms with Gasteiger partial charge in [0.25, 0.3) is 0 Å². The van der Waals surface area contributed by atoms with Gasteiger partial charge in [-0.15, -0.1) is 0 Å². The average Bonchev–Trinajstić information content (AvgIpc) is 3.41. The highest BCUT2D eigenvalue weighted by molar-refractivity contribution is 5.71. The Bertz CT molecular complexity index is 1660. The van der Waals surface area contributed by atoms with Crippen LogP contribution in [0.2, 0.25) is 0 Å². The van der Waals surface area contributed by atoms with Crippen molar-refractivity contribution in [3.63, 3.8) is 0 Å². The van der Waals surface area contributed by atoms with Crippen molar-refractivity contribution in [1.29, 1.82) is 0 Å². The minimum atomic E-state index is -0.822. The van der Waals surface area contributed by atoms with Crippen molar-refractivity contribution >= 4 is 17.9 Å². The normalized spacial score (nSPS) is 13.2. The van der Waals surface area contributed by atoms with Gasteiger partial charge in [-0.1, -0.05) is 244 Å². The molecule has 0 rings (SSSR count). The number of rotatable bonds is 53. The molecule has 0 aromatic heterocycles. The lowest BCUT2D eigenvalue weighted by Crippen LogP contribution is -2.30. The standard InChI is InChI=1S/C69H110O6/c1-4-7-10-13-16-19-22-25-27-29-31-33-34-36-37-39-41-44-47-50-53-56-59-62-68(71)74-65-66(64-73-67(70)61-58-55-52-49-46-43-24-21-18-15-12-9-6-3)75-69(72)63-60-57-54-51-48-45-42-40-38-35-32-30-28-26-23-20-17-14-11-8-5-2/h7,10,12,15-16,19,21,23-27,30-33,36-38,40-41,44,50,53,66H,4-6,8-9,11,13-14,17-18,20,22,28-29,34-35,39,42-43,45-49,51-52,54-65H2,1-3H3/b10-7-,15-12-,19-16-,24-21-,26-23-,27-25-,32-30-,33-31-,37-36-,40-38-,44-41-,53-50-. The van der Waals surface area contributed by atoms with E-state index in [9.17, 15) is 14.4 Å². The second-order valence-electron chi connectivity index (χ2n) is 19.5. The van der Waals surface area contributed by atoms with E-state index in [2.05, 4.69) is 167 Å². The van der Waals surface area contributed by atoms with Crippen LogP contribution in [-0.2, 0) is 28.6 Å². The molecule has 0 spiro atoms. The summed E-state index contributed by atoms with van der Waals surface area (Å²) in [4.78, 5) is 38.2. The van der Waals surface area contributed by atoms with E-state index < -0.39 is 6.10 Å². The molecule has 0 aliphatic rings. The lowest BCUT2D eigenvalue weighted by Gasteiger charge is -2.18. The molecule has 0 aliphatic heterocycles. The number of ether oxygens (including phenoxy) is 3. The fourth-order valence-corrected chi connectivity index (χ4v) is 7.77. The monoisotopic (exact) mass is 1030 g/mol. The van der Waals surface area contributed by atoms with Crippen LogP contribution in [0.15, 0.2) is 146 Å². The van der Waals surface area contributed by atoms with Gasteiger partial charge in [-0.05, 0) is 135 Å². The van der Waals surface area contributed by atoms with E-state index in [0.717, 1.165) is 148 Å².